The van der Waals surface area contributed by atoms with E-state index < -0.39 is 0 Å². The SMILES string of the molecule is C=O.C=O.C=O.C=O.[Rh]. The smallest absolute Gasteiger partial charge is 0.106 e. The topological polar surface area (TPSA) is 68.3 Å². The molecule has 0 aromatic rings. The van der Waals surface area contributed by atoms with E-state index in [9.17, 15) is 0 Å². The maximum Gasteiger partial charge on any atom is 0.106 e. The molecule has 0 saturated heterocycles. The Morgan fingerprint density at radius 1 is 0.444 bits per heavy atom. The predicted octanol–water partition coefficient (Wildman–Crippen LogP) is -0.742. The van der Waals surface area contributed by atoms with E-state index in [0.29, 0.717) is 0 Å². The molecular formula is C4H8O4Rh. The summed E-state index contributed by atoms with van der Waals surface area (Å²) in [6, 6.07) is 0. The molecular weight excluding hydrogens is 215 g/mol. The maximum atomic E-state index is 8.00. The van der Waals surface area contributed by atoms with E-state index in [-0.39, 0.29) is 19.5 Å². The molecule has 0 saturated carbocycles. The van der Waals surface area contributed by atoms with Crippen LogP contribution in [0.2, 0.25) is 0 Å². The molecule has 57 valence electrons. The number of hydrogen-bond donors (Lipinski definition) is 0. The quantitative estimate of drug-likeness (QED) is 0.507. The molecule has 1 radical (unpaired) electrons. The Morgan fingerprint density at radius 2 is 0.444 bits per heavy atom. The van der Waals surface area contributed by atoms with E-state index in [1.165, 1.54) is 0 Å². The van der Waals surface area contributed by atoms with E-state index in [4.69, 9.17) is 19.2 Å². The van der Waals surface area contributed by atoms with Crippen molar-refractivity contribution in [1.82, 2.24) is 0 Å². The van der Waals surface area contributed by atoms with Gasteiger partial charge in [0.15, 0.2) is 0 Å². The van der Waals surface area contributed by atoms with Crippen molar-refractivity contribution in [3.05, 3.63) is 0 Å². The number of hydrogen-bond acceptors (Lipinski definition) is 4. The summed E-state index contributed by atoms with van der Waals surface area (Å²) in [5.41, 5.74) is 0. The zero-order valence-electron chi connectivity index (χ0n) is 4.79. The van der Waals surface area contributed by atoms with Gasteiger partial charge in [-0.3, -0.25) is 0 Å². The second kappa shape index (κ2) is 598. The Balaban J connectivity index is -0.00000000762. The second-order valence-corrected chi connectivity index (χ2v) is 0. The van der Waals surface area contributed by atoms with Crippen LogP contribution in [0.25, 0.3) is 0 Å². The molecule has 0 bridgehead atoms. The number of carbonyl (C=O) groups excluding carboxylic acids is 4. The molecule has 0 rings (SSSR count). The largest absolute Gasteiger partial charge is 0.307 e. The summed E-state index contributed by atoms with van der Waals surface area (Å²) >= 11 is 0. The first-order chi connectivity index (χ1) is 4.00. The Bertz CT molecular complexity index is 20.5. The molecule has 0 amide bonds. The van der Waals surface area contributed by atoms with Crippen LogP contribution in [0.15, 0.2) is 0 Å². The van der Waals surface area contributed by atoms with Crippen molar-refractivity contribution < 1.29 is 38.7 Å². The fourth-order valence-corrected chi connectivity index (χ4v) is 0. The Morgan fingerprint density at radius 3 is 0.444 bits per heavy atom. The van der Waals surface area contributed by atoms with Crippen LogP contribution in [0.5, 0.6) is 0 Å². The van der Waals surface area contributed by atoms with Crippen molar-refractivity contribution in [1.29, 1.82) is 0 Å². The van der Waals surface area contributed by atoms with Crippen molar-refractivity contribution in [3.8, 4) is 0 Å². The zero-order valence-corrected chi connectivity index (χ0v) is 6.43. The normalized spacial score (nSPS) is 1.78. The van der Waals surface area contributed by atoms with Gasteiger partial charge < -0.3 is 19.2 Å². The van der Waals surface area contributed by atoms with Crippen molar-refractivity contribution in [2.24, 2.45) is 0 Å². The molecule has 5 heteroatoms. The van der Waals surface area contributed by atoms with Crippen LogP contribution in [-0.2, 0) is 38.7 Å². The Hall–Kier alpha value is -0.697. The van der Waals surface area contributed by atoms with Gasteiger partial charge in [-0.25, -0.2) is 0 Å². The van der Waals surface area contributed by atoms with Gasteiger partial charge in [-0.05, 0) is 0 Å². The van der Waals surface area contributed by atoms with Crippen molar-refractivity contribution in [2.45, 2.75) is 0 Å². The van der Waals surface area contributed by atoms with Crippen LogP contribution < -0.4 is 0 Å². The molecule has 0 aliphatic rings. The van der Waals surface area contributed by atoms with Crippen LogP contribution in [0.4, 0.5) is 0 Å². The monoisotopic (exact) mass is 223 g/mol. The first kappa shape index (κ1) is 40.6. The minimum absolute atomic E-state index is 0. The average Bonchev–Trinajstić information content (AvgIpc) is 2.03. The van der Waals surface area contributed by atoms with Gasteiger partial charge in [0.05, 0.1) is 0 Å². The standard InChI is InChI=1S/4CH2O.Rh/c4*1-2;/h4*1H2;. The zero-order chi connectivity index (χ0) is 8.00. The molecule has 0 heterocycles. The van der Waals surface area contributed by atoms with Crippen molar-refractivity contribution in [3.63, 3.8) is 0 Å². The van der Waals surface area contributed by atoms with Crippen LogP contribution in [-0.4, -0.2) is 27.2 Å². The molecule has 4 nitrogen and oxygen atoms in total. The molecule has 0 aromatic heterocycles. The minimum Gasteiger partial charge on any atom is -0.307 e. The van der Waals surface area contributed by atoms with Gasteiger partial charge in [0, 0.05) is 19.5 Å². The molecule has 0 unspecified atom stereocenters. The van der Waals surface area contributed by atoms with Gasteiger partial charge in [-0.15, -0.1) is 0 Å². The van der Waals surface area contributed by atoms with E-state index in [1.807, 2.05) is 27.2 Å². The first-order valence-corrected chi connectivity index (χ1v) is 1.15. The molecule has 0 aliphatic carbocycles. The van der Waals surface area contributed by atoms with Crippen molar-refractivity contribution >= 4 is 27.2 Å². The van der Waals surface area contributed by atoms with Crippen LogP contribution >= 0.6 is 0 Å². The van der Waals surface area contributed by atoms with Crippen LogP contribution in [0.1, 0.15) is 0 Å². The summed E-state index contributed by atoms with van der Waals surface area (Å²) in [4.78, 5) is 32.0. The third-order valence-electron chi connectivity index (χ3n) is 0. The molecule has 0 aromatic carbocycles. The number of rotatable bonds is 0. The van der Waals surface area contributed by atoms with Gasteiger partial charge in [-0.2, -0.15) is 0 Å². The molecule has 0 atom stereocenters. The molecule has 0 N–H and O–H groups in total. The van der Waals surface area contributed by atoms with Gasteiger partial charge in [-0.1, -0.05) is 0 Å². The van der Waals surface area contributed by atoms with Crippen LogP contribution in [0, 0.1) is 0 Å². The Labute approximate surface area is 66.4 Å². The summed E-state index contributed by atoms with van der Waals surface area (Å²) in [5, 5.41) is 0. The summed E-state index contributed by atoms with van der Waals surface area (Å²) < 4.78 is 0. The summed E-state index contributed by atoms with van der Waals surface area (Å²) in [6.07, 6.45) is 0. The van der Waals surface area contributed by atoms with Crippen molar-refractivity contribution in [2.75, 3.05) is 0 Å². The number of carbonyl (C=O) groups is 4. The maximum absolute atomic E-state index is 8.00. The molecule has 9 heavy (non-hydrogen) atoms. The fourth-order valence-electron chi connectivity index (χ4n) is 0. The summed E-state index contributed by atoms with van der Waals surface area (Å²) in [5.74, 6) is 0. The molecule has 0 fully saturated rings. The first-order valence-electron chi connectivity index (χ1n) is 1.15. The van der Waals surface area contributed by atoms with E-state index in [0.717, 1.165) is 0 Å². The third-order valence-corrected chi connectivity index (χ3v) is 0. The fraction of sp³-hybridized carbons (Fsp3) is 0. The van der Waals surface area contributed by atoms with Gasteiger partial charge in [0.1, 0.15) is 27.2 Å². The van der Waals surface area contributed by atoms with E-state index in [1.54, 1.807) is 0 Å². The summed E-state index contributed by atoms with van der Waals surface area (Å²) in [7, 11) is 0. The molecule has 0 spiro atoms. The third kappa shape index (κ3) is 423. The average molecular weight is 223 g/mol. The van der Waals surface area contributed by atoms with E-state index >= 15 is 0 Å². The van der Waals surface area contributed by atoms with Gasteiger partial charge >= 0.3 is 0 Å². The van der Waals surface area contributed by atoms with E-state index in [2.05, 4.69) is 0 Å². The summed E-state index contributed by atoms with van der Waals surface area (Å²) in [6.45, 7) is 8.00. The van der Waals surface area contributed by atoms with Gasteiger partial charge in [0.25, 0.3) is 0 Å². The predicted molar refractivity (Wildman–Crippen MR) is 28.5 cm³/mol. The Kier molecular flexibility index (Phi) is 2700. The molecule has 0 aliphatic heterocycles. The van der Waals surface area contributed by atoms with Gasteiger partial charge in [0.2, 0.25) is 0 Å². The van der Waals surface area contributed by atoms with Crippen LogP contribution in [0.3, 0.4) is 0 Å². The minimum atomic E-state index is 0. The second-order valence-electron chi connectivity index (χ2n) is 0.